The molecule has 2 fully saturated rings. The number of likely N-dealkylation sites (tertiary alicyclic amines) is 1. The lowest BCUT2D eigenvalue weighted by molar-refractivity contribution is -0.183. The zero-order valence-electron chi connectivity index (χ0n) is 11.2. The van der Waals surface area contributed by atoms with Crippen molar-refractivity contribution < 1.29 is 27.4 Å². The van der Waals surface area contributed by atoms with Gasteiger partial charge in [-0.25, -0.2) is 13.2 Å². The van der Waals surface area contributed by atoms with E-state index in [4.69, 9.17) is 9.47 Å². The smallest absolute Gasteiger partial charge is 0.257 e. The van der Waals surface area contributed by atoms with Gasteiger partial charge in [-0.15, -0.1) is 0 Å². The number of hydrogen-bond donors (Lipinski definition) is 0. The van der Waals surface area contributed by atoms with Gasteiger partial charge in [0.05, 0.1) is 25.3 Å². The minimum Gasteiger partial charge on any atom is -0.346 e. The molecule has 4 nitrogen and oxygen atoms in total. The van der Waals surface area contributed by atoms with Crippen LogP contribution in [0.3, 0.4) is 0 Å². The molecule has 21 heavy (non-hydrogen) atoms. The molecule has 0 aromatic heterocycles. The minimum absolute atomic E-state index is 0.157. The van der Waals surface area contributed by atoms with Gasteiger partial charge in [-0.3, -0.25) is 4.79 Å². The van der Waals surface area contributed by atoms with Crippen LogP contribution in [0.1, 0.15) is 23.2 Å². The number of amides is 1. The first-order valence-corrected chi connectivity index (χ1v) is 6.73. The predicted molar refractivity (Wildman–Crippen MR) is 66.1 cm³/mol. The van der Waals surface area contributed by atoms with Crippen molar-refractivity contribution in [3.05, 3.63) is 35.1 Å². The average Bonchev–Trinajstić information content (AvgIpc) is 2.92. The van der Waals surface area contributed by atoms with E-state index in [-0.39, 0.29) is 6.54 Å². The maximum atomic E-state index is 13.7. The van der Waals surface area contributed by atoms with E-state index in [0.29, 0.717) is 32.6 Å². The van der Waals surface area contributed by atoms with Crippen molar-refractivity contribution in [1.29, 1.82) is 0 Å². The molecule has 7 heteroatoms. The van der Waals surface area contributed by atoms with Gasteiger partial charge in [-0.05, 0) is 18.6 Å². The van der Waals surface area contributed by atoms with Crippen molar-refractivity contribution in [2.45, 2.75) is 18.6 Å². The van der Waals surface area contributed by atoms with Crippen LogP contribution in [0.15, 0.2) is 12.1 Å². The summed E-state index contributed by atoms with van der Waals surface area (Å²) in [4.78, 5) is 13.7. The lowest BCUT2D eigenvalue weighted by atomic mass is 10.0. The van der Waals surface area contributed by atoms with Crippen LogP contribution >= 0.6 is 0 Å². The van der Waals surface area contributed by atoms with Crippen molar-refractivity contribution in [2.24, 2.45) is 0 Å². The first kappa shape index (κ1) is 14.3. The number of ether oxygens (including phenoxy) is 2. The van der Waals surface area contributed by atoms with Crippen LogP contribution in [0, 0.1) is 17.5 Å². The van der Waals surface area contributed by atoms with Crippen LogP contribution in [0.2, 0.25) is 0 Å². The fraction of sp³-hybridized carbons (Fsp3) is 0.500. The fourth-order valence-electron chi connectivity index (χ4n) is 2.76. The molecule has 0 N–H and O–H groups in total. The average molecular weight is 301 g/mol. The summed E-state index contributed by atoms with van der Waals surface area (Å²) in [7, 11) is 0. The van der Waals surface area contributed by atoms with Gasteiger partial charge in [0, 0.05) is 13.0 Å². The molecule has 0 radical (unpaired) electrons. The second kappa shape index (κ2) is 5.31. The van der Waals surface area contributed by atoms with E-state index in [0.717, 1.165) is 12.1 Å². The third kappa shape index (κ3) is 2.51. The number of benzene rings is 1. The Balaban J connectivity index is 1.83. The van der Waals surface area contributed by atoms with Gasteiger partial charge in [-0.2, -0.15) is 0 Å². The molecule has 114 valence electrons. The molecule has 2 saturated heterocycles. The molecule has 1 aromatic rings. The van der Waals surface area contributed by atoms with Crippen LogP contribution < -0.4 is 0 Å². The highest BCUT2D eigenvalue weighted by molar-refractivity contribution is 5.94. The summed E-state index contributed by atoms with van der Waals surface area (Å²) in [5, 5.41) is 0. The Morgan fingerprint density at radius 1 is 1.14 bits per heavy atom. The third-order valence-corrected chi connectivity index (χ3v) is 3.78. The molecule has 2 heterocycles. The quantitative estimate of drug-likeness (QED) is 0.746. The highest BCUT2D eigenvalue weighted by Crippen LogP contribution is 2.31. The Morgan fingerprint density at radius 3 is 2.57 bits per heavy atom. The van der Waals surface area contributed by atoms with Gasteiger partial charge < -0.3 is 14.4 Å². The van der Waals surface area contributed by atoms with E-state index in [2.05, 4.69) is 0 Å². The summed E-state index contributed by atoms with van der Waals surface area (Å²) in [6, 6.07) is 1.70. The van der Waals surface area contributed by atoms with E-state index < -0.39 is 34.7 Å². The second-order valence-electron chi connectivity index (χ2n) is 5.16. The molecule has 0 bridgehead atoms. The zero-order chi connectivity index (χ0) is 15.0. The maximum absolute atomic E-state index is 13.7. The number of hydrogen-bond acceptors (Lipinski definition) is 3. The van der Waals surface area contributed by atoms with E-state index in [1.54, 1.807) is 0 Å². The maximum Gasteiger partial charge on any atom is 0.257 e. The largest absolute Gasteiger partial charge is 0.346 e. The number of halogens is 3. The van der Waals surface area contributed by atoms with Crippen molar-refractivity contribution in [1.82, 2.24) is 4.90 Å². The van der Waals surface area contributed by atoms with Crippen molar-refractivity contribution in [3.63, 3.8) is 0 Å². The Labute approximate surface area is 119 Å². The molecular formula is C14H14F3NO3. The Kier molecular flexibility index (Phi) is 3.62. The highest BCUT2D eigenvalue weighted by atomic mass is 19.2. The number of nitrogens with zero attached hydrogens (tertiary/aromatic N) is 1. The summed E-state index contributed by atoms with van der Waals surface area (Å²) in [6.07, 6.45) is 1.29. The lowest BCUT2D eigenvalue weighted by Gasteiger charge is -2.38. The predicted octanol–water partition coefficient (Wildman–Crippen LogP) is 2.08. The molecule has 0 aliphatic carbocycles. The van der Waals surface area contributed by atoms with E-state index in [1.165, 1.54) is 4.90 Å². The third-order valence-electron chi connectivity index (χ3n) is 3.78. The SMILES string of the molecule is O=C(c1ccc(F)c(F)c1F)N1CCCC2(C1)OCCO2. The van der Waals surface area contributed by atoms with Gasteiger partial charge in [0.15, 0.2) is 23.2 Å². The summed E-state index contributed by atoms with van der Waals surface area (Å²) < 4.78 is 50.9. The Hall–Kier alpha value is -1.60. The van der Waals surface area contributed by atoms with E-state index >= 15 is 0 Å². The van der Waals surface area contributed by atoms with Gasteiger partial charge in [0.1, 0.15) is 0 Å². The molecule has 0 unspecified atom stereocenters. The van der Waals surface area contributed by atoms with Crippen LogP contribution in [0.4, 0.5) is 13.2 Å². The monoisotopic (exact) mass is 301 g/mol. The van der Waals surface area contributed by atoms with Crippen LogP contribution in [0.5, 0.6) is 0 Å². The number of piperidine rings is 1. The highest BCUT2D eigenvalue weighted by Gasteiger charge is 2.42. The molecular weight excluding hydrogens is 287 g/mol. The molecule has 1 spiro atoms. The van der Waals surface area contributed by atoms with Gasteiger partial charge in [-0.1, -0.05) is 0 Å². The number of carbonyl (C=O) groups excluding carboxylic acids is 1. The van der Waals surface area contributed by atoms with Crippen LogP contribution in [0.25, 0.3) is 0 Å². The summed E-state index contributed by atoms with van der Waals surface area (Å²) >= 11 is 0. The van der Waals surface area contributed by atoms with Crippen molar-refractivity contribution in [2.75, 3.05) is 26.3 Å². The van der Waals surface area contributed by atoms with Gasteiger partial charge >= 0.3 is 0 Å². The number of rotatable bonds is 1. The summed E-state index contributed by atoms with van der Waals surface area (Å²) in [6.45, 7) is 1.44. The molecule has 0 atom stereocenters. The molecule has 2 aliphatic heterocycles. The second-order valence-corrected chi connectivity index (χ2v) is 5.16. The Bertz CT molecular complexity index is 573. The standard InChI is InChI=1S/C14H14F3NO3/c15-10-3-2-9(11(16)12(10)17)13(19)18-5-1-4-14(8-18)20-6-7-21-14/h2-3H,1,4-8H2. The van der Waals surface area contributed by atoms with Crippen molar-refractivity contribution in [3.8, 4) is 0 Å². The molecule has 1 aromatic carbocycles. The van der Waals surface area contributed by atoms with Crippen molar-refractivity contribution >= 4 is 5.91 Å². The van der Waals surface area contributed by atoms with Gasteiger partial charge in [0.25, 0.3) is 5.91 Å². The van der Waals surface area contributed by atoms with Crippen LogP contribution in [-0.2, 0) is 9.47 Å². The normalized spacial score (nSPS) is 21.0. The molecule has 1 amide bonds. The fourth-order valence-corrected chi connectivity index (χ4v) is 2.76. The minimum atomic E-state index is -1.64. The molecule has 0 saturated carbocycles. The summed E-state index contributed by atoms with van der Waals surface area (Å²) in [5.74, 6) is -5.96. The lowest BCUT2D eigenvalue weighted by Crippen LogP contribution is -2.51. The first-order chi connectivity index (χ1) is 10.0. The zero-order valence-corrected chi connectivity index (χ0v) is 11.2. The Morgan fingerprint density at radius 2 is 1.86 bits per heavy atom. The van der Waals surface area contributed by atoms with E-state index in [9.17, 15) is 18.0 Å². The molecule has 2 aliphatic rings. The molecule has 3 rings (SSSR count). The summed E-state index contributed by atoms with van der Waals surface area (Å²) in [5.41, 5.74) is -0.482. The van der Waals surface area contributed by atoms with E-state index in [1.807, 2.05) is 0 Å². The first-order valence-electron chi connectivity index (χ1n) is 6.73. The van der Waals surface area contributed by atoms with Gasteiger partial charge in [0.2, 0.25) is 0 Å². The number of carbonyl (C=O) groups is 1. The van der Waals surface area contributed by atoms with Crippen LogP contribution in [-0.4, -0.2) is 42.9 Å². The topological polar surface area (TPSA) is 38.8 Å².